The average Bonchev–Trinajstić information content (AvgIpc) is 2.87. The van der Waals surface area contributed by atoms with E-state index in [0.29, 0.717) is 5.01 Å². The Morgan fingerprint density at radius 3 is 2.82 bits per heavy atom. The molecule has 0 aromatic carbocycles. The van der Waals surface area contributed by atoms with Gasteiger partial charge in [-0.25, -0.2) is 4.98 Å². The van der Waals surface area contributed by atoms with Gasteiger partial charge in [-0.3, -0.25) is 4.79 Å². The van der Waals surface area contributed by atoms with E-state index in [2.05, 4.69) is 26.2 Å². The number of nitrogens with one attached hydrogen (secondary N) is 1. The van der Waals surface area contributed by atoms with Gasteiger partial charge in [0.05, 0.1) is 10.6 Å². The third kappa shape index (κ3) is 2.74. The lowest BCUT2D eigenvalue weighted by atomic mass is 10.3. The van der Waals surface area contributed by atoms with Crippen LogP contribution in [-0.4, -0.2) is 23.1 Å². The van der Waals surface area contributed by atoms with E-state index in [4.69, 9.17) is 5.11 Å². The Kier molecular flexibility index (Phi) is 3.93. The van der Waals surface area contributed by atoms with Crippen molar-refractivity contribution in [2.24, 2.45) is 0 Å². The number of rotatable bonds is 4. The SMILES string of the molecule is CNC(C(=O)O)c1nc(-c2cc(Br)cs2)cs1. The zero-order chi connectivity index (χ0) is 12.4. The van der Waals surface area contributed by atoms with Gasteiger partial charge >= 0.3 is 5.97 Å². The third-order valence-corrected chi connectivity index (χ3v) is 4.75. The number of carboxylic acids is 1. The van der Waals surface area contributed by atoms with Crippen molar-refractivity contribution in [3.8, 4) is 10.6 Å². The van der Waals surface area contributed by atoms with Gasteiger partial charge in [0.2, 0.25) is 0 Å². The van der Waals surface area contributed by atoms with Crippen molar-refractivity contribution in [3.05, 3.63) is 26.3 Å². The van der Waals surface area contributed by atoms with Crippen LogP contribution in [0.2, 0.25) is 0 Å². The molecule has 0 bridgehead atoms. The zero-order valence-electron chi connectivity index (χ0n) is 8.81. The topological polar surface area (TPSA) is 62.2 Å². The fourth-order valence-electron chi connectivity index (χ4n) is 1.33. The molecule has 2 aromatic rings. The van der Waals surface area contributed by atoms with Gasteiger partial charge in [-0.15, -0.1) is 22.7 Å². The van der Waals surface area contributed by atoms with Crippen LogP contribution in [0.5, 0.6) is 0 Å². The molecule has 2 heterocycles. The van der Waals surface area contributed by atoms with E-state index in [1.54, 1.807) is 18.4 Å². The largest absolute Gasteiger partial charge is 0.480 e. The molecule has 90 valence electrons. The Morgan fingerprint density at radius 1 is 1.53 bits per heavy atom. The van der Waals surface area contributed by atoms with E-state index in [1.807, 2.05) is 16.8 Å². The van der Waals surface area contributed by atoms with Gasteiger partial charge < -0.3 is 10.4 Å². The molecule has 2 rings (SSSR count). The molecule has 0 fully saturated rings. The molecule has 0 aliphatic carbocycles. The van der Waals surface area contributed by atoms with Gasteiger partial charge in [0.25, 0.3) is 0 Å². The summed E-state index contributed by atoms with van der Waals surface area (Å²) in [6.45, 7) is 0. The van der Waals surface area contributed by atoms with E-state index < -0.39 is 12.0 Å². The van der Waals surface area contributed by atoms with E-state index in [9.17, 15) is 4.79 Å². The molecule has 0 saturated heterocycles. The Morgan fingerprint density at radius 2 is 2.29 bits per heavy atom. The molecule has 2 N–H and O–H groups in total. The fraction of sp³-hybridized carbons (Fsp3) is 0.200. The summed E-state index contributed by atoms with van der Waals surface area (Å²) in [6, 6.07) is 1.23. The molecular weight excluding hydrogens is 324 g/mol. The molecule has 0 amide bonds. The summed E-state index contributed by atoms with van der Waals surface area (Å²) in [4.78, 5) is 16.4. The summed E-state index contributed by atoms with van der Waals surface area (Å²) >= 11 is 6.31. The minimum absolute atomic E-state index is 0.569. The van der Waals surface area contributed by atoms with Gasteiger partial charge in [0.15, 0.2) is 6.04 Å². The lowest BCUT2D eigenvalue weighted by Crippen LogP contribution is -2.24. The van der Waals surface area contributed by atoms with Crippen molar-refractivity contribution in [1.29, 1.82) is 0 Å². The maximum Gasteiger partial charge on any atom is 0.327 e. The van der Waals surface area contributed by atoms with Crippen LogP contribution >= 0.6 is 38.6 Å². The number of likely N-dealkylation sites (N-methyl/N-ethyl adjacent to an activating group) is 1. The Bertz CT molecular complexity index is 538. The van der Waals surface area contributed by atoms with Crippen LogP contribution in [-0.2, 0) is 4.79 Å². The molecule has 1 unspecified atom stereocenters. The quantitative estimate of drug-likeness (QED) is 0.903. The number of thiazole rings is 1. The first-order valence-electron chi connectivity index (χ1n) is 4.71. The number of halogens is 1. The van der Waals surface area contributed by atoms with Crippen molar-refractivity contribution >= 4 is 44.6 Å². The highest BCUT2D eigenvalue weighted by molar-refractivity contribution is 9.10. The molecule has 0 radical (unpaired) electrons. The summed E-state index contributed by atoms with van der Waals surface area (Å²) in [7, 11) is 1.61. The standard InChI is InChI=1S/C10H9BrN2O2S2/c1-12-8(10(14)15)9-13-6(4-17-9)7-2-5(11)3-16-7/h2-4,8,12H,1H3,(H,14,15). The number of thiophene rings is 1. The molecule has 17 heavy (non-hydrogen) atoms. The van der Waals surface area contributed by atoms with E-state index >= 15 is 0 Å². The van der Waals surface area contributed by atoms with Crippen LogP contribution in [0.1, 0.15) is 11.0 Å². The first-order chi connectivity index (χ1) is 8.11. The molecule has 0 spiro atoms. The second-order valence-electron chi connectivity index (χ2n) is 3.26. The van der Waals surface area contributed by atoms with E-state index in [1.165, 1.54) is 11.3 Å². The summed E-state index contributed by atoms with van der Waals surface area (Å²) in [5.74, 6) is -0.916. The van der Waals surface area contributed by atoms with Crippen molar-refractivity contribution in [1.82, 2.24) is 10.3 Å². The third-order valence-electron chi connectivity index (χ3n) is 2.12. The molecule has 0 saturated carbocycles. The predicted molar refractivity (Wildman–Crippen MR) is 72.6 cm³/mol. The van der Waals surface area contributed by atoms with Gasteiger partial charge in [-0.1, -0.05) is 0 Å². The van der Waals surface area contributed by atoms with Crippen LogP contribution in [0, 0.1) is 0 Å². The van der Waals surface area contributed by atoms with Gasteiger partial charge in [-0.05, 0) is 29.0 Å². The lowest BCUT2D eigenvalue weighted by molar-refractivity contribution is -0.139. The predicted octanol–water partition coefficient (Wildman–Crippen LogP) is 2.98. The van der Waals surface area contributed by atoms with Crippen LogP contribution < -0.4 is 5.32 Å². The first kappa shape index (κ1) is 12.7. The highest BCUT2D eigenvalue weighted by Gasteiger charge is 2.21. The maximum atomic E-state index is 11.0. The molecule has 0 aliphatic heterocycles. The Balaban J connectivity index is 2.29. The number of carbonyl (C=O) groups is 1. The molecule has 2 aromatic heterocycles. The van der Waals surface area contributed by atoms with Crippen LogP contribution in [0.4, 0.5) is 0 Å². The highest BCUT2D eigenvalue weighted by Crippen LogP contribution is 2.31. The second-order valence-corrected chi connectivity index (χ2v) is 5.98. The maximum absolute atomic E-state index is 11.0. The Hall–Kier alpha value is -0.760. The minimum Gasteiger partial charge on any atom is -0.480 e. The minimum atomic E-state index is -0.916. The van der Waals surface area contributed by atoms with Crippen molar-refractivity contribution in [2.45, 2.75) is 6.04 Å². The summed E-state index contributed by atoms with van der Waals surface area (Å²) in [5.41, 5.74) is 0.821. The first-order valence-corrected chi connectivity index (χ1v) is 7.27. The van der Waals surface area contributed by atoms with Crippen molar-refractivity contribution in [3.63, 3.8) is 0 Å². The number of hydrogen-bond acceptors (Lipinski definition) is 5. The molecule has 4 nitrogen and oxygen atoms in total. The normalized spacial score (nSPS) is 12.6. The highest BCUT2D eigenvalue weighted by atomic mass is 79.9. The summed E-state index contributed by atoms with van der Waals surface area (Å²) in [6.07, 6.45) is 0. The summed E-state index contributed by atoms with van der Waals surface area (Å²) < 4.78 is 1.01. The van der Waals surface area contributed by atoms with Crippen LogP contribution in [0.3, 0.4) is 0 Å². The van der Waals surface area contributed by atoms with Gasteiger partial charge in [0, 0.05) is 15.2 Å². The monoisotopic (exact) mass is 332 g/mol. The van der Waals surface area contributed by atoms with Crippen molar-refractivity contribution < 1.29 is 9.90 Å². The lowest BCUT2D eigenvalue weighted by Gasteiger charge is -2.06. The molecule has 0 aliphatic rings. The van der Waals surface area contributed by atoms with Gasteiger partial charge in [-0.2, -0.15) is 0 Å². The van der Waals surface area contributed by atoms with E-state index in [0.717, 1.165) is 15.0 Å². The van der Waals surface area contributed by atoms with Crippen LogP contribution in [0.15, 0.2) is 21.3 Å². The number of hydrogen-bond donors (Lipinski definition) is 2. The van der Waals surface area contributed by atoms with E-state index in [-0.39, 0.29) is 0 Å². The van der Waals surface area contributed by atoms with Crippen LogP contribution in [0.25, 0.3) is 10.6 Å². The number of nitrogens with zero attached hydrogens (tertiary/aromatic N) is 1. The Labute approximate surface area is 114 Å². The molecule has 7 heteroatoms. The van der Waals surface area contributed by atoms with Crippen molar-refractivity contribution in [2.75, 3.05) is 7.05 Å². The number of aromatic nitrogens is 1. The zero-order valence-corrected chi connectivity index (χ0v) is 12.0. The summed E-state index contributed by atoms with van der Waals surface area (Å²) in [5, 5.41) is 16.2. The molecular formula is C10H9BrN2O2S2. The number of carboxylic acid groups (broad SMARTS) is 1. The smallest absolute Gasteiger partial charge is 0.327 e. The molecule has 1 atom stereocenters. The van der Waals surface area contributed by atoms with Gasteiger partial charge in [0.1, 0.15) is 5.01 Å². The fourth-order valence-corrected chi connectivity index (χ4v) is 3.71. The second kappa shape index (κ2) is 5.26. The number of aliphatic carboxylic acids is 1. The average molecular weight is 333 g/mol.